The average molecular weight is 424 g/mol. The second-order valence-corrected chi connectivity index (χ2v) is 7.00. The number of hydrogen-bond donors (Lipinski definition) is 0. The van der Waals surface area contributed by atoms with E-state index in [4.69, 9.17) is 42.3 Å². The summed E-state index contributed by atoms with van der Waals surface area (Å²) in [5.74, 6) is 2.06. The predicted octanol–water partition coefficient (Wildman–Crippen LogP) is 5.57. The molecule has 1 unspecified atom stereocenters. The predicted molar refractivity (Wildman–Crippen MR) is 113 cm³/mol. The molecule has 0 spiro atoms. The standard InChI is InChI=1S/C21H23Cl2NO4/c1-4-12-26-24-19-14-18(9-10-20(19)25-13-11-21(22)23)28-17-7-5-16(6-8-17)27-15(2)3/h4-11,14-15,20H,1,12-13H2,2-3H3/b24-19-. The number of nitrogens with zero attached hydrogens (tertiary/aromatic N) is 1. The Kier molecular flexibility index (Phi) is 9.14. The van der Waals surface area contributed by atoms with Crippen LogP contribution in [0.25, 0.3) is 0 Å². The molecule has 1 aromatic carbocycles. The number of oxime groups is 1. The summed E-state index contributed by atoms with van der Waals surface area (Å²) >= 11 is 11.2. The third kappa shape index (κ3) is 7.80. The molecular weight excluding hydrogens is 401 g/mol. The summed E-state index contributed by atoms with van der Waals surface area (Å²) < 4.78 is 17.4. The van der Waals surface area contributed by atoms with E-state index in [1.807, 2.05) is 50.3 Å². The van der Waals surface area contributed by atoms with Crippen molar-refractivity contribution in [1.82, 2.24) is 0 Å². The molecule has 0 N–H and O–H groups in total. The second-order valence-electron chi connectivity index (χ2n) is 5.99. The highest BCUT2D eigenvalue weighted by Crippen LogP contribution is 2.22. The molecule has 1 aliphatic carbocycles. The maximum atomic E-state index is 5.90. The third-order valence-corrected chi connectivity index (χ3v) is 3.63. The van der Waals surface area contributed by atoms with Gasteiger partial charge < -0.3 is 19.0 Å². The van der Waals surface area contributed by atoms with Gasteiger partial charge in [-0.1, -0.05) is 41.0 Å². The largest absolute Gasteiger partial charge is 0.491 e. The van der Waals surface area contributed by atoms with Crippen LogP contribution in [0, 0.1) is 0 Å². The molecule has 5 nitrogen and oxygen atoms in total. The Hall–Kier alpha value is -2.21. The Morgan fingerprint density at radius 1 is 1.18 bits per heavy atom. The monoisotopic (exact) mass is 423 g/mol. The van der Waals surface area contributed by atoms with Crippen molar-refractivity contribution in [3.05, 3.63) is 71.5 Å². The van der Waals surface area contributed by atoms with Crippen molar-refractivity contribution in [2.45, 2.75) is 26.1 Å². The molecule has 7 heteroatoms. The van der Waals surface area contributed by atoms with Crippen molar-refractivity contribution in [3.63, 3.8) is 0 Å². The Balaban J connectivity index is 2.07. The highest BCUT2D eigenvalue weighted by Gasteiger charge is 2.18. The maximum Gasteiger partial charge on any atom is 0.135 e. The molecule has 0 aromatic heterocycles. The van der Waals surface area contributed by atoms with E-state index in [9.17, 15) is 0 Å². The van der Waals surface area contributed by atoms with Gasteiger partial charge in [-0.3, -0.25) is 0 Å². The molecule has 0 amide bonds. The maximum absolute atomic E-state index is 5.90. The lowest BCUT2D eigenvalue weighted by molar-refractivity contribution is 0.139. The van der Waals surface area contributed by atoms with Gasteiger partial charge in [-0.2, -0.15) is 0 Å². The molecule has 0 saturated heterocycles. The molecule has 0 radical (unpaired) electrons. The molecule has 2 rings (SSSR count). The van der Waals surface area contributed by atoms with Gasteiger partial charge in [-0.25, -0.2) is 0 Å². The average Bonchev–Trinajstić information content (AvgIpc) is 2.64. The molecule has 1 aromatic rings. The number of halogens is 2. The summed E-state index contributed by atoms with van der Waals surface area (Å²) in [5, 5.41) is 4.10. The smallest absolute Gasteiger partial charge is 0.135 e. The van der Waals surface area contributed by atoms with E-state index in [1.54, 1.807) is 18.2 Å². The molecule has 1 atom stereocenters. The zero-order valence-electron chi connectivity index (χ0n) is 15.8. The van der Waals surface area contributed by atoms with Crippen molar-refractivity contribution < 1.29 is 19.0 Å². The van der Waals surface area contributed by atoms with Crippen molar-refractivity contribution in [3.8, 4) is 11.5 Å². The van der Waals surface area contributed by atoms with Crippen LogP contribution in [-0.4, -0.2) is 31.1 Å². The minimum atomic E-state index is -0.414. The van der Waals surface area contributed by atoms with Crippen LogP contribution in [0.3, 0.4) is 0 Å². The highest BCUT2D eigenvalue weighted by atomic mass is 35.5. The number of benzene rings is 1. The van der Waals surface area contributed by atoms with Crippen LogP contribution >= 0.6 is 23.2 Å². The van der Waals surface area contributed by atoms with Gasteiger partial charge in [0.25, 0.3) is 0 Å². The quantitative estimate of drug-likeness (QED) is 0.280. The molecule has 0 saturated carbocycles. The summed E-state index contributed by atoms with van der Waals surface area (Å²) in [6, 6.07) is 7.40. The number of allylic oxidation sites excluding steroid dienone is 1. The fourth-order valence-electron chi connectivity index (χ4n) is 2.21. The Bertz CT molecular complexity index is 763. The fourth-order valence-corrected chi connectivity index (χ4v) is 2.34. The van der Waals surface area contributed by atoms with Gasteiger partial charge >= 0.3 is 0 Å². The number of rotatable bonds is 10. The lowest BCUT2D eigenvalue weighted by Gasteiger charge is -2.18. The van der Waals surface area contributed by atoms with Gasteiger partial charge in [0.1, 0.15) is 40.2 Å². The first-order chi connectivity index (χ1) is 13.5. The molecule has 150 valence electrons. The fraction of sp³-hybridized carbons (Fsp3) is 0.286. The summed E-state index contributed by atoms with van der Waals surface area (Å²) in [7, 11) is 0. The van der Waals surface area contributed by atoms with Crippen LogP contribution in [0.15, 0.2) is 76.6 Å². The van der Waals surface area contributed by atoms with Crippen molar-refractivity contribution >= 4 is 28.9 Å². The zero-order valence-corrected chi connectivity index (χ0v) is 17.3. The van der Waals surface area contributed by atoms with Crippen molar-refractivity contribution in [2.24, 2.45) is 5.16 Å². The van der Waals surface area contributed by atoms with Crippen LogP contribution in [0.5, 0.6) is 11.5 Å². The Morgan fingerprint density at radius 3 is 2.54 bits per heavy atom. The molecule has 0 bridgehead atoms. The first-order valence-corrected chi connectivity index (χ1v) is 9.51. The minimum absolute atomic E-state index is 0.116. The summed E-state index contributed by atoms with van der Waals surface area (Å²) in [5.41, 5.74) is 0.554. The Morgan fingerprint density at radius 2 is 1.89 bits per heavy atom. The van der Waals surface area contributed by atoms with E-state index in [2.05, 4.69) is 11.7 Å². The van der Waals surface area contributed by atoms with Crippen molar-refractivity contribution in [2.75, 3.05) is 13.2 Å². The highest BCUT2D eigenvalue weighted by molar-refractivity contribution is 6.55. The first-order valence-electron chi connectivity index (χ1n) is 8.76. The van der Waals surface area contributed by atoms with E-state index in [0.29, 0.717) is 17.2 Å². The molecule has 0 heterocycles. The Labute approximate surface area is 175 Å². The zero-order chi connectivity index (χ0) is 20.4. The van der Waals surface area contributed by atoms with E-state index in [-0.39, 0.29) is 23.8 Å². The topological polar surface area (TPSA) is 49.3 Å². The molecule has 28 heavy (non-hydrogen) atoms. The number of hydrogen-bond acceptors (Lipinski definition) is 5. The minimum Gasteiger partial charge on any atom is -0.491 e. The van der Waals surface area contributed by atoms with Crippen LogP contribution in [-0.2, 0) is 9.57 Å². The van der Waals surface area contributed by atoms with Gasteiger partial charge in [0.15, 0.2) is 0 Å². The van der Waals surface area contributed by atoms with E-state index < -0.39 is 6.10 Å². The molecule has 0 aliphatic heterocycles. The van der Waals surface area contributed by atoms with Crippen LogP contribution in [0.4, 0.5) is 0 Å². The summed E-state index contributed by atoms with van der Waals surface area (Å²) in [4.78, 5) is 5.20. The third-order valence-electron chi connectivity index (χ3n) is 3.32. The normalized spacial score (nSPS) is 17.2. The van der Waals surface area contributed by atoms with Gasteiger partial charge in [0.2, 0.25) is 0 Å². The summed E-state index contributed by atoms with van der Waals surface area (Å²) in [6.07, 6.45) is 8.23. The molecule has 1 aliphatic rings. The van der Waals surface area contributed by atoms with Gasteiger partial charge in [-0.15, -0.1) is 0 Å². The molecule has 0 fully saturated rings. The van der Waals surface area contributed by atoms with Gasteiger partial charge in [-0.05, 0) is 56.3 Å². The van der Waals surface area contributed by atoms with Crippen molar-refractivity contribution in [1.29, 1.82) is 0 Å². The van der Waals surface area contributed by atoms with Crippen LogP contribution in [0.1, 0.15) is 13.8 Å². The summed E-state index contributed by atoms with van der Waals surface area (Å²) in [6.45, 7) is 8.08. The van der Waals surface area contributed by atoms with E-state index in [0.717, 1.165) is 5.75 Å². The van der Waals surface area contributed by atoms with Gasteiger partial charge in [0.05, 0.1) is 12.7 Å². The van der Waals surface area contributed by atoms with E-state index >= 15 is 0 Å². The number of ether oxygens (including phenoxy) is 3. The second kappa shape index (κ2) is 11.6. The first kappa shape index (κ1) is 22.1. The SMILES string of the molecule is C=CCO/N=C1/C=C(Oc2ccc(OC(C)C)cc2)C=CC1OCC=C(Cl)Cl. The lowest BCUT2D eigenvalue weighted by atomic mass is 10.1. The van der Waals surface area contributed by atoms with Gasteiger partial charge in [0, 0.05) is 6.08 Å². The van der Waals surface area contributed by atoms with E-state index in [1.165, 1.54) is 0 Å². The molecular formula is C21H23Cl2NO4. The lowest BCUT2D eigenvalue weighted by Crippen LogP contribution is -2.24. The van der Waals surface area contributed by atoms with Crippen LogP contribution < -0.4 is 9.47 Å². The van der Waals surface area contributed by atoms with Crippen LogP contribution in [0.2, 0.25) is 0 Å².